The van der Waals surface area contributed by atoms with Crippen LogP contribution in [0.15, 0.2) is 6.07 Å². The predicted octanol–water partition coefficient (Wildman–Crippen LogP) is 4.24. The van der Waals surface area contributed by atoms with Gasteiger partial charge >= 0.3 is 0 Å². The predicted molar refractivity (Wildman–Crippen MR) is 72.5 cm³/mol. The molecule has 2 aliphatic rings. The molecule has 1 N–H and O–H groups in total. The molecule has 0 bridgehead atoms. The summed E-state index contributed by atoms with van der Waals surface area (Å²) in [5, 5.41) is 10.3. The van der Waals surface area contributed by atoms with Crippen LogP contribution >= 0.6 is 11.3 Å². The lowest BCUT2D eigenvalue weighted by molar-refractivity contribution is 0.121. The Balaban J connectivity index is 1.69. The van der Waals surface area contributed by atoms with Gasteiger partial charge in [-0.15, -0.1) is 11.3 Å². The molecule has 0 saturated heterocycles. The summed E-state index contributed by atoms with van der Waals surface area (Å²) in [7, 11) is 0. The molecule has 17 heavy (non-hydrogen) atoms. The minimum Gasteiger partial charge on any atom is -0.388 e. The van der Waals surface area contributed by atoms with Crippen molar-refractivity contribution in [3.63, 3.8) is 0 Å². The molecule has 1 nitrogen and oxygen atoms in total. The third kappa shape index (κ3) is 2.58. The van der Waals surface area contributed by atoms with E-state index in [1.165, 1.54) is 61.8 Å². The summed E-state index contributed by atoms with van der Waals surface area (Å²) >= 11 is 1.88. The van der Waals surface area contributed by atoms with Gasteiger partial charge in [0.15, 0.2) is 0 Å². The highest BCUT2D eigenvalue weighted by Crippen LogP contribution is 2.38. The number of aryl methyl sites for hydroxylation is 2. The van der Waals surface area contributed by atoms with Crippen LogP contribution in [0.3, 0.4) is 0 Å². The second-order valence-electron chi connectivity index (χ2n) is 5.71. The van der Waals surface area contributed by atoms with Crippen molar-refractivity contribution < 1.29 is 5.11 Å². The molecule has 0 amide bonds. The molecule has 2 heteroatoms. The first kappa shape index (κ1) is 11.7. The van der Waals surface area contributed by atoms with Gasteiger partial charge in [0.05, 0.1) is 6.10 Å². The van der Waals surface area contributed by atoms with E-state index in [-0.39, 0.29) is 6.10 Å². The topological polar surface area (TPSA) is 20.2 Å². The maximum atomic E-state index is 10.3. The Morgan fingerprint density at radius 2 is 2.00 bits per heavy atom. The zero-order chi connectivity index (χ0) is 11.7. The van der Waals surface area contributed by atoms with Crippen molar-refractivity contribution in [2.24, 2.45) is 5.92 Å². The highest BCUT2D eigenvalue weighted by molar-refractivity contribution is 7.12. The minimum absolute atomic E-state index is 0.183. The smallest absolute Gasteiger partial charge is 0.0884 e. The van der Waals surface area contributed by atoms with Crippen LogP contribution in [-0.4, -0.2) is 5.11 Å². The summed E-state index contributed by atoms with van der Waals surface area (Å²) in [6, 6.07) is 2.30. The number of rotatable bonds is 3. The van der Waals surface area contributed by atoms with Crippen molar-refractivity contribution in [2.75, 3.05) is 0 Å². The molecule has 1 heterocycles. The maximum Gasteiger partial charge on any atom is 0.0884 e. The van der Waals surface area contributed by atoms with E-state index < -0.39 is 0 Å². The first-order chi connectivity index (χ1) is 8.33. The third-order valence-electron chi connectivity index (χ3n) is 4.38. The Morgan fingerprint density at radius 1 is 1.18 bits per heavy atom. The Hall–Kier alpha value is -0.340. The van der Waals surface area contributed by atoms with E-state index in [0.29, 0.717) is 0 Å². The summed E-state index contributed by atoms with van der Waals surface area (Å²) in [6.45, 7) is 0. The molecule has 0 aromatic carbocycles. The van der Waals surface area contributed by atoms with Crippen LogP contribution in [0.25, 0.3) is 0 Å². The normalized spacial score (nSPS) is 22.6. The van der Waals surface area contributed by atoms with Crippen molar-refractivity contribution in [1.82, 2.24) is 0 Å². The number of hydrogen-bond donors (Lipinski definition) is 1. The monoisotopic (exact) mass is 250 g/mol. The highest BCUT2D eigenvalue weighted by Gasteiger charge is 2.23. The Morgan fingerprint density at radius 3 is 2.76 bits per heavy atom. The molecule has 3 rings (SSSR count). The van der Waals surface area contributed by atoms with Gasteiger partial charge in [-0.1, -0.05) is 25.7 Å². The molecule has 0 radical (unpaired) electrons. The second kappa shape index (κ2) is 5.11. The second-order valence-corrected chi connectivity index (χ2v) is 6.87. The summed E-state index contributed by atoms with van der Waals surface area (Å²) in [5.41, 5.74) is 1.54. The molecule has 1 fully saturated rings. The molecule has 1 unspecified atom stereocenters. The fourth-order valence-corrected chi connectivity index (χ4v) is 4.27. The van der Waals surface area contributed by atoms with E-state index in [9.17, 15) is 5.11 Å². The third-order valence-corrected chi connectivity index (χ3v) is 5.71. The van der Waals surface area contributed by atoms with Crippen LogP contribution in [0.2, 0.25) is 0 Å². The number of aliphatic hydroxyl groups excluding tert-OH is 1. The SMILES string of the molecule is OC(CC1CCC1)c1cc2c(s1)CCCCC2. The standard InChI is InChI=1S/C15H22OS/c16-13(9-11-5-4-6-11)15-10-12-7-2-1-3-8-14(12)17-15/h10-11,13,16H,1-9H2. The zero-order valence-electron chi connectivity index (χ0n) is 10.5. The van der Waals surface area contributed by atoms with E-state index in [1.807, 2.05) is 11.3 Å². The average molecular weight is 250 g/mol. The van der Waals surface area contributed by atoms with Gasteiger partial charge in [0.1, 0.15) is 0 Å². The summed E-state index contributed by atoms with van der Waals surface area (Å²) in [5.74, 6) is 0.798. The Labute approximate surface area is 108 Å². The molecule has 2 aliphatic carbocycles. The molecule has 0 aliphatic heterocycles. The van der Waals surface area contributed by atoms with E-state index in [2.05, 4.69) is 6.07 Å². The zero-order valence-corrected chi connectivity index (χ0v) is 11.3. The van der Waals surface area contributed by atoms with Crippen molar-refractivity contribution in [2.45, 2.75) is 63.9 Å². The maximum absolute atomic E-state index is 10.3. The molecule has 94 valence electrons. The summed E-state index contributed by atoms with van der Waals surface area (Å²) in [4.78, 5) is 2.80. The van der Waals surface area contributed by atoms with E-state index in [0.717, 1.165) is 12.3 Å². The first-order valence-corrected chi connectivity index (χ1v) is 7.94. The van der Waals surface area contributed by atoms with Crippen molar-refractivity contribution in [3.8, 4) is 0 Å². The van der Waals surface area contributed by atoms with Gasteiger partial charge < -0.3 is 5.11 Å². The van der Waals surface area contributed by atoms with Crippen LogP contribution in [0.5, 0.6) is 0 Å². The molecule has 1 aromatic heterocycles. The van der Waals surface area contributed by atoms with Gasteiger partial charge in [-0.25, -0.2) is 0 Å². The fourth-order valence-electron chi connectivity index (χ4n) is 3.02. The van der Waals surface area contributed by atoms with Crippen molar-refractivity contribution in [3.05, 3.63) is 21.4 Å². The summed E-state index contributed by atoms with van der Waals surface area (Å²) in [6.07, 6.45) is 11.4. The van der Waals surface area contributed by atoms with Crippen LogP contribution in [0, 0.1) is 5.92 Å². The van der Waals surface area contributed by atoms with E-state index in [1.54, 1.807) is 4.88 Å². The Kier molecular flexibility index (Phi) is 3.53. The van der Waals surface area contributed by atoms with Gasteiger partial charge in [0, 0.05) is 9.75 Å². The highest BCUT2D eigenvalue weighted by atomic mass is 32.1. The van der Waals surface area contributed by atoms with Crippen LogP contribution in [0.4, 0.5) is 0 Å². The molecule has 0 spiro atoms. The largest absolute Gasteiger partial charge is 0.388 e. The number of fused-ring (bicyclic) bond motifs is 1. The average Bonchev–Trinajstić information content (AvgIpc) is 2.55. The number of aliphatic hydroxyl groups is 1. The number of thiophene rings is 1. The van der Waals surface area contributed by atoms with Gasteiger partial charge in [-0.05, 0) is 49.7 Å². The summed E-state index contributed by atoms with van der Waals surface area (Å²) < 4.78 is 0. The molecular formula is C15H22OS. The molecular weight excluding hydrogens is 228 g/mol. The van der Waals surface area contributed by atoms with Gasteiger partial charge in [-0.3, -0.25) is 0 Å². The molecule has 1 saturated carbocycles. The fraction of sp³-hybridized carbons (Fsp3) is 0.733. The number of hydrogen-bond acceptors (Lipinski definition) is 2. The Bertz CT molecular complexity index is 355. The lowest BCUT2D eigenvalue weighted by Gasteiger charge is -2.27. The van der Waals surface area contributed by atoms with Crippen molar-refractivity contribution >= 4 is 11.3 Å². The lowest BCUT2D eigenvalue weighted by atomic mass is 9.81. The van der Waals surface area contributed by atoms with Crippen LogP contribution < -0.4 is 0 Å². The minimum atomic E-state index is -0.183. The van der Waals surface area contributed by atoms with E-state index >= 15 is 0 Å². The molecule has 1 atom stereocenters. The quantitative estimate of drug-likeness (QED) is 0.796. The van der Waals surface area contributed by atoms with Crippen molar-refractivity contribution in [1.29, 1.82) is 0 Å². The molecule has 1 aromatic rings. The first-order valence-electron chi connectivity index (χ1n) is 7.12. The van der Waals surface area contributed by atoms with E-state index in [4.69, 9.17) is 0 Å². The lowest BCUT2D eigenvalue weighted by Crippen LogP contribution is -2.14. The van der Waals surface area contributed by atoms with Gasteiger partial charge in [0.2, 0.25) is 0 Å². The van der Waals surface area contributed by atoms with Crippen LogP contribution in [-0.2, 0) is 12.8 Å². The van der Waals surface area contributed by atoms with Gasteiger partial charge in [-0.2, -0.15) is 0 Å². The van der Waals surface area contributed by atoms with Crippen LogP contribution in [0.1, 0.15) is 66.4 Å². The van der Waals surface area contributed by atoms with Gasteiger partial charge in [0.25, 0.3) is 0 Å².